The monoisotopic (exact) mass is 791 g/mol. The lowest BCUT2D eigenvalue weighted by atomic mass is 9.79. The summed E-state index contributed by atoms with van der Waals surface area (Å²) >= 11 is 0. The maximum absolute atomic E-state index is 4.76. The fourth-order valence-corrected chi connectivity index (χ4v) is 10.1. The fourth-order valence-electron chi connectivity index (χ4n) is 10.1. The molecule has 0 bridgehead atoms. The number of nitrogens with zero attached hydrogens (tertiary/aromatic N) is 3. The second kappa shape index (κ2) is 14.1. The number of fused-ring (bicyclic) bond motifs is 6. The number of aromatic nitrogens is 3. The molecule has 1 aliphatic rings. The predicted molar refractivity (Wildman–Crippen MR) is 259 cm³/mol. The van der Waals surface area contributed by atoms with Gasteiger partial charge in [0.1, 0.15) is 0 Å². The van der Waals surface area contributed by atoms with Crippen LogP contribution >= 0.6 is 0 Å². The Hall–Kier alpha value is -7.88. The third-order valence-electron chi connectivity index (χ3n) is 13.1. The van der Waals surface area contributed by atoms with Crippen LogP contribution in [0.1, 0.15) is 25.0 Å². The van der Waals surface area contributed by atoms with Gasteiger partial charge in [-0.05, 0) is 124 Å². The number of hydrogen-bond donors (Lipinski definition) is 0. The van der Waals surface area contributed by atoms with Crippen molar-refractivity contribution in [2.24, 2.45) is 0 Å². The molecule has 0 fully saturated rings. The van der Waals surface area contributed by atoms with Gasteiger partial charge in [-0.25, -0.2) is 0 Å². The molecule has 1 heterocycles. The van der Waals surface area contributed by atoms with E-state index in [1.165, 1.54) is 82.4 Å². The SMILES string of the molecule is CC1(C)c2ccccc2-c2cc3c(-c4ccc(-n5c(-c6ccccc6)nnc5-c5ccccc5)cc4)c4ccccc4c(-c4cccc(-c5ccc6ccccc6c5)c4)c3cc21. The van der Waals surface area contributed by atoms with Gasteiger partial charge in [0.05, 0.1) is 0 Å². The van der Waals surface area contributed by atoms with E-state index in [0.29, 0.717) is 0 Å². The molecule has 10 aromatic carbocycles. The quantitative estimate of drug-likeness (QED) is 0.157. The van der Waals surface area contributed by atoms with Crippen LogP contribution in [0.3, 0.4) is 0 Å². The van der Waals surface area contributed by atoms with E-state index in [-0.39, 0.29) is 5.41 Å². The van der Waals surface area contributed by atoms with E-state index in [4.69, 9.17) is 10.2 Å². The minimum absolute atomic E-state index is 0.149. The Morgan fingerprint density at radius 3 is 1.58 bits per heavy atom. The van der Waals surface area contributed by atoms with E-state index in [2.05, 4.69) is 219 Å². The Balaban J connectivity index is 1.10. The minimum Gasteiger partial charge on any atom is -0.275 e. The first-order chi connectivity index (χ1) is 30.5. The van der Waals surface area contributed by atoms with Gasteiger partial charge in [-0.15, -0.1) is 10.2 Å². The average molecular weight is 792 g/mol. The van der Waals surface area contributed by atoms with Crippen molar-refractivity contribution in [2.45, 2.75) is 19.3 Å². The zero-order valence-electron chi connectivity index (χ0n) is 34.5. The molecule has 0 unspecified atom stereocenters. The minimum atomic E-state index is -0.149. The number of rotatable bonds is 6. The number of benzene rings is 10. The highest BCUT2D eigenvalue weighted by Crippen LogP contribution is 2.53. The van der Waals surface area contributed by atoms with E-state index in [1.54, 1.807) is 0 Å². The summed E-state index contributed by atoms with van der Waals surface area (Å²) in [4.78, 5) is 0. The van der Waals surface area contributed by atoms with Crippen LogP contribution in [0.4, 0.5) is 0 Å². The predicted octanol–water partition coefficient (Wildman–Crippen LogP) is 15.4. The second-order valence-electron chi connectivity index (χ2n) is 17.0. The first-order valence-corrected chi connectivity index (χ1v) is 21.4. The summed E-state index contributed by atoms with van der Waals surface area (Å²) in [6.07, 6.45) is 0. The highest BCUT2D eigenvalue weighted by Gasteiger charge is 2.36. The van der Waals surface area contributed by atoms with Crippen LogP contribution < -0.4 is 0 Å². The van der Waals surface area contributed by atoms with E-state index >= 15 is 0 Å². The maximum atomic E-state index is 4.76. The molecular weight excluding hydrogens is 751 g/mol. The van der Waals surface area contributed by atoms with Gasteiger partial charge in [-0.3, -0.25) is 4.57 Å². The molecule has 0 spiro atoms. The van der Waals surface area contributed by atoms with E-state index < -0.39 is 0 Å². The molecule has 1 aromatic heterocycles. The van der Waals surface area contributed by atoms with Gasteiger partial charge in [0.25, 0.3) is 0 Å². The molecule has 0 saturated carbocycles. The summed E-state index contributed by atoms with van der Waals surface area (Å²) in [5, 5.41) is 17.0. The molecule has 0 aliphatic heterocycles. The van der Waals surface area contributed by atoms with Crippen LogP contribution in [0.5, 0.6) is 0 Å². The van der Waals surface area contributed by atoms with Crippen molar-refractivity contribution in [3.8, 4) is 73.0 Å². The smallest absolute Gasteiger partial charge is 0.168 e. The first kappa shape index (κ1) is 36.0. The summed E-state index contributed by atoms with van der Waals surface area (Å²) in [6, 6.07) is 77.2. The topological polar surface area (TPSA) is 30.7 Å². The molecule has 11 aromatic rings. The lowest BCUT2D eigenvalue weighted by Gasteiger charge is -2.24. The average Bonchev–Trinajstić information content (AvgIpc) is 3.87. The van der Waals surface area contributed by atoms with Gasteiger partial charge < -0.3 is 0 Å². The third-order valence-corrected chi connectivity index (χ3v) is 13.1. The fraction of sp³-hybridized carbons (Fsp3) is 0.0508. The van der Waals surface area contributed by atoms with Crippen LogP contribution in [-0.4, -0.2) is 14.8 Å². The molecule has 62 heavy (non-hydrogen) atoms. The summed E-state index contributed by atoms with van der Waals surface area (Å²) in [5.41, 5.74) is 15.5. The van der Waals surface area contributed by atoms with Crippen LogP contribution in [0, 0.1) is 0 Å². The molecule has 0 amide bonds. The zero-order chi connectivity index (χ0) is 41.4. The van der Waals surface area contributed by atoms with Crippen molar-refractivity contribution in [3.05, 3.63) is 223 Å². The Kier molecular flexibility index (Phi) is 8.20. The van der Waals surface area contributed by atoms with Gasteiger partial charge in [-0.1, -0.05) is 190 Å². The maximum Gasteiger partial charge on any atom is 0.168 e. The van der Waals surface area contributed by atoms with Crippen molar-refractivity contribution in [3.63, 3.8) is 0 Å². The van der Waals surface area contributed by atoms with Crippen LogP contribution in [0.2, 0.25) is 0 Å². The lowest BCUT2D eigenvalue weighted by molar-refractivity contribution is 0.661. The van der Waals surface area contributed by atoms with E-state index in [1.807, 2.05) is 12.1 Å². The summed E-state index contributed by atoms with van der Waals surface area (Å²) < 4.78 is 2.18. The Morgan fingerprint density at radius 2 is 0.871 bits per heavy atom. The molecule has 12 rings (SSSR count). The Labute approximate surface area is 361 Å². The molecule has 0 N–H and O–H groups in total. The van der Waals surface area contributed by atoms with Crippen molar-refractivity contribution in [1.82, 2.24) is 14.8 Å². The zero-order valence-corrected chi connectivity index (χ0v) is 34.5. The highest BCUT2D eigenvalue weighted by molar-refractivity contribution is 6.22. The summed E-state index contributed by atoms with van der Waals surface area (Å²) in [5.74, 6) is 1.61. The third kappa shape index (κ3) is 5.66. The molecule has 292 valence electrons. The van der Waals surface area contributed by atoms with Gasteiger partial charge in [0, 0.05) is 22.2 Å². The van der Waals surface area contributed by atoms with Crippen molar-refractivity contribution in [1.29, 1.82) is 0 Å². The van der Waals surface area contributed by atoms with Crippen molar-refractivity contribution < 1.29 is 0 Å². The molecule has 1 aliphatic carbocycles. The summed E-state index contributed by atoms with van der Waals surface area (Å²) in [6.45, 7) is 4.76. The van der Waals surface area contributed by atoms with E-state index in [9.17, 15) is 0 Å². The Morgan fingerprint density at radius 1 is 0.339 bits per heavy atom. The van der Waals surface area contributed by atoms with E-state index in [0.717, 1.165) is 34.0 Å². The van der Waals surface area contributed by atoms with Crippen LogP contribution in [-0.2, 0) is 5.41 Å². The summed E-state index contributed by atoms with van der Waals surface area (Å²) in [7, 11) is 0. The van der Waals surface area contributed by atoms with Crippen molar-refractivity contribution >= 4 is 32.3 Å². The Bertz CT molecular complexity index is 3470. The van der Waals surface area contributed by atoms with Gasteiger partial charge >= 0.3 is 0 Å². The number of hydrogen-bond acceptors (Lipinski definition) is 2. The van der Waals surface area contributed by atoms with Crippen LogP contribution in [0.25, 0.3) is 105 Å². The van der Waals surface area contributed by atoms with Crippen LogP contribution in [0.15, 0.2) is 212 Å². The second-order valence-corrected chi connectivity index (χ2v) is 17.0. The van der Waals surface area contributed by atoms with Gasteiger partial charge in [0.2, 0.25) is 0 Å². The lowest BCUT2D eigenvalue weighted by Crippen LogP contribution is -2.14. The standard InChI is InChI=1S/C59H41N3/c1-59(2)53-27-14-13-24-47(53)50-36-51-52(37-54(50)59)56(45-23-15-22-43(35-45)44-29-28-38-16-9-10-21-42(38)34-44)49-26-12-11-25-48(49)55(51)39-30-32-46(33-31-39)62-57(40-17-5-3-6-18-40)60-61-58(62)41-19-7-4-8-20-41/h3-37H,1-2H3. The normalized spacial score (nSPS) is 12.8. The highest BCUT2D eigenvalue weighted by atomic mass is 15.3. The van der Waals surface area contributed by atoms with Crippen molar-refractivity contribution in [2.75, 3.05) is 0 Å². The molecule has 3 heteroatoms. The van der Waals surface area contributed by atoms with Gasteiger partial charge in [0.15, 0.2) is 11.6 Å². The van der Waals surface area contributed by atoms with Gasteiger partial charge in [-0.2, -0.15) is 0 Å². The molecule has 0 radical (unpaired) electrons. The molecular formula is C59H41N3. The first-order valence-electron chi connectivity index (χ1n) is 21.4. The molecule has 0 atom stereocenters. The molecule has 3 nitrogen and oxygen atoms in total. The largest absolute Gasteiger partial charge is 0.275 e. The molecule has 0 saturated heterocycles.